The third kappa shape index (κ3) is 7.04. The molecule has 3 atom stereocenters. The van der Waals surface area contributed by atoms with Crippen LogP contribution in [0.5, 0.6) is 0 Å². The summed E-state index contributed by atoms with van der Waals surface area (Å²) in [6, 6.07) is 11.6. The zero-order chi connectivity index (χ0) is 23.0. The fourth-order valence-corrected chi connectivity index (χ4v) is 2.54. The van der Waals surface area contributed by atoms with Gasteiger partial charge in [-0.1, -0.05) is 11.8 Å². The van der Waals surface area contributed by atoms with Gasteiger partial charge in [0, 0.05) is 22.4 Å². The number of rotatable bonds is 7. The van der Waals surface area contributed by atoms with Crippen LogP contribution in [0.25, 0.3) is 0 Å². The molecule has 2 rings (SSSR count). The Bertz CT molecular complexity index is 987. The quantitative estimate of drug-likeness (QED) is 0.409. The van der Waals surface area contributed by atoms with Crippen molar-refractivity contribution in [3.05, 3.63) is 65.2 Å². The van der Waals surface area contributed by atoms with Crippen LogP contribution in [-0.2, 0) is 9.59 Å². The number of anilines is 1. The van der Waals surface area contributed by atoms with E-state index in [1.165, 1.54) is 6.92 Å². The summed E-state index contributed by atoms with van der Waals surface area (Å²) in [5.41, 5.74) is 7.84. The first-order valence-corrected chi connectivity index (χ1v) is 9.62. The van der Waals surface area contributed by atoms with Crippen molar-refractivity contribution in [3.63, 3.8) is 0 Å². The summed E-state index contributed by atoms with van der Waals surface area (Å²) in [5, 5.41) is 23.7. The normalized spacial score (nSPS) is 13.2. The summed E-state index contributed by atoms with van der Waals surface area (Å²) in [4.78, 5) is 35.5. The number of aliphatic hydroxyl groups excluding tert-OH is 2. The summed E-state index contributed by atoms with van der Waals surface area (Å²) in [5.74, 6) is 4.47. The fraction of sp³-hybridized carbons (Fsp3) is 0.261. The Hall–Kier alpha value is -3.51. The highest BCUT2D eigenvalue weighted by Gasteiger charge is 2.25. The number of amides is 2. The molecule has 0 unspecified atom stereocenters. The largest absolute Gasteiger partial charge is 0.391 e. The maximum absolute atomic E-state index is 12.3. The molecule has 31 heavy (non-hydrogen) atoms. The number of nitrogens with two attached hydrogens (primary N) is 1. The van der Waals surface area contributed by atoms with Crippen molar-refractivity contribution >= 4 is 23.3 Å². The number of benzene rings is 2. The monoisotopic (exact) mass is 423 g/mol. The minimum absolute atomic E-state index is 0.275. The van der Waals surface area contributed by atoms with E-state index in [1.807, 2.05) is 0 Å². The highest BCUT2D eigenvalue weighted by atomic mass is 16.3. The lowest BCUT2D eigenvalue weighted by Crippen LogP contribution is -2.48. The molecule has 0 aliphatic heterocycles. The molecule has 8 nitrogen and oxygen atoms in total. The van der Waals surface area contributed by atoms with Gasteiger partial charge in [-0.15, -0.1) is 0 Å². The Morgan fingerprint density at radius 3 is 1.94 bits per heavy atom. The summed E-state index contributed by atoms with van der Waals surface area (Å²) >= 11 is 0. The van der Waals surface area contributed by atoms with E-state index in [4.69, 9.17) is 10.8 Å². The van der Waals surface area contributed by atoms with Crippen LogP contribution >= 0.6 is 0 Å². The van der Waals surface area contributed by atoms with Gasteiger partial charge in [0.25, 0.3) is 5.91 Å². The molecule has 0 radical (unpaired) electrons. The van der Waals surface area contributed by atoms with Crippen LogP contribution in [0, 0.1) is 11.8 Å². The van der Waals surface area contributed by atoms with E-state index in [-0.39, 0.29) is 11.5 Å². The second-order valence-electron chi connectivity index (χ2n) is 7.00. The lowest BCUT2D eigenvalue weighted by atomic mass is 10.1. The van der Waals surface area contributed by atoms with Crippen molar-refractivity contribution < 1.29 is 24.6 Å². The number of aliphatic hydroxyl groups is 2. The zero-order valence-electron chi connectivity index (χ0n) is 17.3. The first-order chi connectivity index (χ1) is 14.7. The first kappa shape index (κ1) is 23.8. The van der Waals surface area contributed by atoms with Gasteiger partial charge in [-0.05, 0) is 62.4 Å². The van der Waals surface area contributed by atoms with Gasteiger partial charge < -0.3 is 26.6 Å². The van der Waals surface area contributed by atoms with Gasteiger partial charge >= 0.3 is 0 Å². The molecule has 2 aromatic carbocycles. The predicted molar refractivity (Wildman–Crippen MR) is 116 cm³/mol. The number of ketones is 1. The Morgan fingerprint density at radius 2 is 1.48 bits per heavy atom. The van der Waals surface area contributed by atoms with Crippen molar-refractivity contribution in [3.8, 4) is 11.8 Å². The molecule has 162 valence electrons. The second-order valence-corrected chi connectivity index (χ2v) is 7.00. The number of hydrogen-bond donors (Lipinski definition) is 5. The van der Waals surface area contributed by atoms with Crippen molar-refractivity contribution in [2.45, 2.75) is 32.0 Å². The molecule has 6 N–H and O–H groups in total. The lowest BCUT2D eigenvalue weighted by molar-refractivity contribution is -0.126. The van der Waals surface area contributed by atoms with Gasteiger partial charge in [0.05, 0.1) is 12.1 Å². The van der Waals surface area contributed by atoms with E-state index in [1.54, 1.807) is 55.5 Å². The number of carbonyl (C=O) groups is 3. The molecular weight excluding hydrogens is 398 g/mol. The Kier molecular flexibility index (Phi) is 8.46. The smallest absolute Gasteiger partial charge is 0.251 e. The third-order valence-corrected chi connectivity index (χ3v) is 4.34. The molecule has 0 heterocycles. The number of hydrogen-bond acceptors (Lipinski definition) is 6. The Labute approximate surface area is 180 Å². The topological polar surface area (TPSA) is 142 Å². The van der Waals surface area contributed by atoms with Gasteiger partial charge in [0.15, 0.2) is 5.78 Å². The van der Waals surface area contributed by atoms with Crippen molar-refractivity contribution in [2.75, 3.05) is 11.9 Å². The molecule has 2 aromatic rings. The van der Waals surface area contributed by atoms with E-state index in [0.717, 1.165) is 5.56 Å². The molecular formula is C23H25N3O5. The van der Waals surface area contributed by atoms with Crippen LogP contribution < -0.4 is 16.4 Å². The fourth-order valence-electron chi connectivity index (χ4n) is 2.54. The molecule has 8 heteroatoms. The van der Waals surface area contributed by atoms with Gasteiger partial charge in [0.1, 0.15) is 12.6 Å². The van der Waals surface area contributed by atoms with Gasteiger partial charge in [-0.3, -0.25) is 14.4 Å². The SMILES string of the molecule is C[C@H](N)C(=O)Nc1ccc(C#Cc2ccc(C(=O)N[C@H](C(=O)CO)[C@@H](C)O)cc2)cc1. The highest BCUT2D eigenvalue weighted by Crippen LogP contribution is 2.10. The van der Waals surface area contributed by atoms with E-state index in [9.17, 15) is 19.5 Å². The molecule has 2 amide bonds. The van der Waals surface area contributed by atoms with Crippen LogP contribution in [0.4, 0.5) is 5.69 Å². The van der Waals surface area contributed by atoms with Gasteiger partial charge in [0.2, 0.25) is 5.91 Å². The van der Waals surface area contributed by atoms with E-state index >= 15 is 0 Å². The van der Waals surface area contributed by atoms with Crippen LogP contribution in [0.1, 0.15) is 35.3 Å². The highest BCUT2D eigenvalue weighted by molar-refractivity contribution is 5.98. The van der Waals surface area contributed by atoms with E-state index in [0.29, 0.717) is 11.3 Å². The molecule has 0 aromatic heterocycles. The summed E-state index contributed by atoms with van der Waals surface area (Å²) in [6.45, 7) is 2.18. The molecule has 0 saturated heterocycles. The molecule has 0 aliphatic rings. The maximum atomic E-state index is 12.3. The summed E-state index contributed by atoms with van der Waals surface area (Å²) < 4.78 is 0. The van der Waals surface area contributed by atoms with Crippen molar-refractivity contribution in [2.24, 2.45) is 5.73 Å². The number of carbonyl (C=O) groups excluding carboxylic acids is 3. The molecule has 0 bridgehead atoms. The van der Waals surface area contributed by atoms with E-state index < -0.39 is 36.5 Å². The number of nitrogens with one attached hydrogen (secondary N) is 2. The van der Waals surface area contributed by atoms with Crippen LogP contribution in [0.2, 0.25) is 0 Å². The minimum atomic E-state index is -1.18. The molecule has 0 aliphatic carbocycles. The molecule has 0 spiro atoms. The van der Waals surface area contributed by atoms with Gasteiger partial charge in [-0.25, -0.2) is 0 Å². The molecule has 0 saturated carbocycles. The Morgan fingerprint density at radius 1 is 0.968 bits per heavy atom. The third-order valence-electron chi connectivity index (χ3n) is 4.34. The summed E-state index contributed by atoms with van der Waals surface area (Å²) in [6.07, 6.45) is -1.13. The average Bonchev–Trinajstić information content (AvgIpc) is 2.76. The first-order valence-electron chi connectivity index (χ1n) is 9.62. The lowest BCUT2D eigenvalue weighted by Gasteiger charge is -2.19. The van der Waals surface area contributed by atoms with Crippen LogP contribution in [-0.4, -0.2) is 52.6 Å². The second kappa shape index (κ2) is 11.0. The molecule has 0 fully saturated rings. The van der Waals surface area contributed by atoms with Crippen LogP contribution in [0.3, 0.4) is 0 Å². The van der Waals surface area contributed by atoms with Gasteiger partial charge in [-0.2, -0.15) is 0 Å². The zero-order valence-corrected chi connectivity index (χ0v) is 17.3. The van der Waals surface area contributed by atoms with Crippen LogP contribution in [0.15, 0.2) is 48.5 Å². The maximum Gasteiger partial charge on any atom is 0.251 e. The minimum Gasteiger partial charge on any atom is -0.391 e. The average molecular weight is 423 g/mol. The Balaban J connectivity index is 2.03. The van der Waals surface area contributed by atoms with Crippen molar-refractivity contribution in [1.82, 2.24) is 5.32 Å². The number of Topliss-reactive ketones (excluding diaryl/α,β-unsaturated/α-hetero) is 1. The van der Waals surface area contributed by atoms with E-state index in [2.05, 4.69) is 22.5 Å². The predicted octanol–water partition coefficient (Wildman–Crippen LogP) is 0.413. The summed E-state index contributed by atoms with van der Waals surface area (Å²) in [7, 11) is 0. The standard InChI is InChI=1S/C23H25N3O5/c1-14(24)22(30)25-19-11-7-17(8-12-19)4-3-16-5-9-18(10-6-16)23(31)26-21(15(2)28)20(29)13-27/h5-12,14-15,21,27-28H,13,24H2,1-2H3,(H,25,30)(H,26,31)/t14-,15+,21-/m0/s1. The van der Waals surface area contributed by atoms with Crippen molar-refractivity contribution in [1.29, 1.82) is 0 Å².